The van der Waals surface area contributed by atoms with Gasteiger partial charge in [-0.05, 0) is 0 Å². The van der Waals surface area contributed by atoms with E-state index in [4.69, 9.17) is 11.6 Å². The Morgan fingerprint density at radius 2 is 1.73 bits per heavy atom. The molecule has 0 aromatic carbocycles. The smallest absolute Gasteiger partial charge is 0.195 e. The van der Waals surface area contributed by atoms with Crippen LogP contribution in [0.4, 0.5) is 13.2 Å². The molecule has 0 aromatic rings. The second kappa shape index (κ2) is 5.33. The van der Waals surface area contributed by atoms with Crippen molar-refractivity contribution in [2.45, 2.75) is 6.18 Å². The van der Waals surface area contributed by atoms with E-state index in [1.54, 1.807) is 0 Å². The molecule has 0 aliphatic heterocycles. The number of alkyl halides is 4. The summed E-state index contributed by atoms with van der Waals surface area (Å²) in [7, 11) is -1.75. The van der Waals surface area contributed by atoms with Gasteiger partial charge in [-0.25, -0.2) is 0 Å². The van der Waals surface area contributed by atoms with Crippen molar-refractivity contribution in [3.63, 3.8) is 0 Å². The molecule has 15 heavy (non-hydrogen) atoms. The summed E-state index contributed by atoms with van der Waals surface area (Å²) >= 11 is 5.24. The van der Waals surface area contributed by atoms with Crippen LogP contribution in [0.15, 0.2) is 0 Å². The highest BCUT2D eigenvalue weighted by Gasteiger charge is 2.36. The fourth-order valence-corrected chi connectivity index (χ4v) is 2.20. The minimum Gasteiger partial charge on any atom is -0.195 e. The van der Waals surface area contributed by atoms with E-state index in [-0.39, 0.29) is 12.4 Å². The van der Waals surface area contributed by atoms with Crippen LogP contribution < -0.4 is 0 Å². The summed E-state index contributed by atoms with van der Waals surface area (Å²) in [5, 5.41) is 0. The molecular weight excluding hydrogens is 257 g/mol. The summed E-state index contributed by atoms with van der Waals surface area (Å²) in [5.41, 5.74) is 0. The van der Waals surface area contributed by atoms with Crippen LogP contribution in [-0.2, 0) is 10.2 Å². The molecule has 4 nitrogen and oxygen atoms in total. The maximum absolute atomic E-state index is 12.1. The molecule has 9 heteroatoms. The normalized spacial score (nSPS) is 13.9. The Kier molecular flexibility index (Phi) is 5.31. The van der Waals surface area contributed by atoms with Gasteiger partial charge in [0.15, 0.2) is 0 Å². The van der Waals surface area contributed by atoms with Crippen molar-refractivity contribution < 1.29 is 21.6 Å². The van der Waals surface area contributed by atoms with Crippen molar-refractivity contribution in [2.24, 2.45) is 0 Å². The first-order chi connectivity index (χ1) is 6.61. The number of rotatable bonds is 5. The van der Waals surface area contributed by atoms with E-state index in [0.29, 0.717) is 8.61 Å². The molecule has 0 bridgehead atoms. The molecule has 0 spiro atoms. The van der Waals surface area contributed by atoms with Crippen LogP contribution in [0.25, 0.3) is 0 Å². The summed E-state index contributed by atoms with van der Waals surface area (Å²) in [6.45, 7) is -1.90. The number of halogens is 4. The lowest BCUT2D eigenvalue weighted by atomic mass is 10.6. The van der Waals surface area contributed by atoms with Crippen LogP contribution in [0.1, 0.15) is 0 Å². The van der Waals surface area contributed by atoms with Gasteiger partial charge in [0.05, 0.1) is 0 Å². The maximum Gasteiger partial charge on any atom is 0.402 e. The molecule has 0 fully saturated rings. The van der Waals surface area contributed by atoms with Crippen molar-refractivity contribution in [3.05, 3.63) is 0 Å². The van der Waals surface area contributed by atoms with Crippen molar-refractivity contribution in [3.8, 4) is 0 Å². The third kappa shape index (κ3) is 5.01. The Hall–Kier alpha value is -0.0500. The highest BCUT2D eigenvalue weighted by molar-refractivity contribution is 7.86. The van der Waals surface area contributed by atoms with Gasteiger partial charge < -0.3 is 0 Å². The minimum absolute atomic E-state index is 0.191. The molecule has 0 aromatic heterocycles. The Labute approximate surface area is 91.8 Å². The van der Waals surface area contributed by atoms with Gasteiger partial charge in [0.25, 0.3) is 10.2 Å². The third-order valence-electron chi connectivity index (χ3n) is 1.48. The molecule has 0 saturated carbocycles. The van der Waals surface area contributed by atoms with Crippen LogP contribution in [0.5, 0.6) is 0 Å². The van der Waals surface area contributed by atoms with Crippen molar-refractivity contribution >= 4 is 21.8 Å². The second-order valence-corrected chi connectivity index (χ2v) is 5.45. The van der Waals surface area contributed by atoms with Gasteiger partial charge in [-0.3, -0.25) is 0 Å². The van der Waals surface area contributed by atoms with E-state index >= 15 is 0 Å². The average molecular weight is 269 g/mol. The maximum atomic E-state index is 12.1. The third-order valence-corrected chi connectivity index (χ3v) is 3.53. The van der Waals surface area contributed by atoms with Gasteiger partial charge in [-0.2, -0.15) is 30.2 Å². The van der Waals surface area contributed by atoms with Gasteiger partial charge >= 0.3 is 6.18 Å². The molecule has 0 N–H and O–H groups in total. The predicted octanol–water partition coefficient (Wildman–Crippen LogP) is 0.896. The molecule has 0 aliphatic carbocycles. The van der Waals surface area contributed by atoms with Gasteiger partial charge in [-0.1, -0.05) is 0 Å². The molecule has 92 valence electrons. The highest BCUT2D eigenvalue weighted by atomic mass is 35.5. The van der Waals surface area contributed by atoms with Crippen LogP contribution in [0.2, 0.25) is 0 Å². The topological polar surface area (TPSA) is 40.6 Å². The average Bonchev–Trinajstić information content (AvgIpc) is 2.00. The number of nitrogens with zero attached hydrogens (tertiary/aromatic N) is 2. The van der Waals surface area contributed by atoms with E-state index in [2.05, 4.69) is 0 Å². The second-order valence-electron chi connectivity index (χ2n) is 2.93. The Bertz CT molecular complexity index is 291. The summed E-state index contributed by atoms with van der Waals surface area (Å²) in [5.74, 6) is -0.191. The highest BCUT2D eigenvalue weighted by Crippen LogP contribution is 2.19. The van der Waals surface area contributed by atoms with Gasteiger partial charge in [0, 0.05) is 26.5 Å². The molecular formula is C6H12ClF3N2O2S. The Balaban J connectivity index is 4.83. The van der Waals surface area contributed by atoms with Gasteiger partial charge in [0.2, 0.25) is 0 Å². The predicted molar refractivity (Wildman–Crippen MR) is 51.0 cm³/mol. The first kappa shape index (κ1) is 14.9. The zero-order valence-corrected chi connectivity index (χ0v) is 9.82. The SMILES string of the molecule is CN(C)S(=O)(=O)N(CCCl)CC(F)(F)F. The summed E-state index contributed by atoms with van der Waals surface area (Å²) in [6.07, 6.45) is -4.57. The molecule has 0 aliphatic rings. The van der Waals surface area contributed by atoms with Gasteiger partial charge in [0.1, 0.15) is 6.54 Å². The summed E-state index contributed by atoms with van der Waals surface area (Å²) in [6, 6.07) is 0. The van der Waals surface area contributed by atoms with Crippen LogP contribution in [0.3, 0.4) is 0 Å². The lowest BCUT2D eigenvalue weighted by molar-refractivity contribution is -0.136. The minimum atomic E-state index is -4.57. The number of hydrogen-bond donors (Lipinski definition) is 0. The lowest BCUT2D eigenvalue weighted by Crippen LogP contribution is -2.45. The monoisotopic (exact) mass is 268 g/mol. The molecule has 0 rings (SSSR count). The molecule has 0 amide bonds. The Morgan fingerprint density at radius 3 is 2.00 bits per heavy atom. The molecule has 0 heterocycles. The van der Waals surface area contributed by atoms with Crippen molar-refractivity contribution in [1.29, 1.82) is 0 Å². The largest absolute Gasteiger partial charge is 0.402 e. The van der Waals surface area contributed by atoms with E-state index in [0.717, 1.165) is 14.1 Å². The lowest BCUT2D eigenvalue weighted by Gasteiger charge is -2.25. The fraction of sp³-hybridized carbons (Fsp3) is 1.00. The van der Waals surface area contributed by atoms with E-state index in [9.17, 15) is 21.6 Å². The first-order valence-electron chi connectivity index (χ1n) is 3.91. The zero-order chi connectivity index (χ0) is 12.3. The molecule has 0 unspecified atom stereocenters. The quantitative estimate of drug-likeness (QED) is 0.695. The zero-order valence-electron chi connectivity index (χ0n) is 8.25. The van der Waals surface area contributed by atoms with Crippen molar-refractivity contribution in [2.75, 3.05) is 33.1 Å². The fourth-order valence-electron chi connectivity index (χ4n) is 0.801. The first-order valence-corrected chi connectivity index (χ1v) is 5.84. The molecule has 0 radical (unpaired) electrons. The van der Waals surface area contributed by atoms with Crippen LogP contribution in [-0.4, -0.2) is 56.3 Å². The number of hydrogen-bond acceptors (Lipinski definition) is 2. The van der Waals surface area contributed by atoms with Crippen LogP contribution in [0, 0.1) is 0 Å². The molecule has 0 atom stereocenters. The standard InChI is InChI=1S/C6H12ClF3N2O2S/c1-11(2)15(13,14)12(4-3-7)5-6(8,9)10/h3-5H2,1-2H3. The summed E-state index contributed by atoms with van der Waals surface area (Å²) < 4.78 is 60.0. The van der Waals surface area contributed by atoms with Crippen molar-refractivity contribution in [1.82, 2.24) is 8.61 Å². The van der Waals surface area contributed by atoms with E-state index in [1.807, 2.05) is 0 Å². The Morgan fingerprint density at radius 1 is 1.27 bits per heavy atom. The van der Waals surface area contributed by atoms with Gasteiger partial charge in [-0.15, -0.1) is 11.6 Å². The van der Waals surface area contributed by atoms with E-state index in [1.165, 1.54) is 0 Å². The molecule has 0 saturated heterocycles. The summed E-state index contributed by atoms with van der Waals surface area (Å²) in [4.78, 5) is 0. The van der Waals surface area contributed by atoms with E-state index < -0.39 is 22.9 Å². The van der Waals surface area contributed by atoms with Crippen LogP contribution >= 0.6 is 11.6 Å².